The molecule has 0 aromatic heterocycles. The summed E-state index contributed by atoms with van der Waals surface area (Å²) in [6.07, 6.45) is 3.21. The maximum atomic E-state index is 12.1. The number of hydrogen-bond acceptors (Lipinski definition) is 2. The van der Waals surface area contributed by atoms with Gasteiger partial charge in [-0.2, -0.15) is 0 Å². The van der Waals surface area contributed by atoms with Crippen molar-refractivity contribution in [2.24, 2.45) is 0 Å². The summed E-state index contributed by atoms with van der Waals surface area (Å²) in [6.45, 7) is 7.51. The highest BCUT2D eigenvalue weighted by atomic mass is 16.5. The molecule has 0 aliphatic heterocycles. The molecule has 0 fully saturated rings. The maximum absolute atomic E-state index is 12.1. The lowest BCUT2D eigenvalue weighted by Crippen LogP contribution is -2.23. The van der Waals surface area contributed by atoms with Gasteiger partial charge in [0.05, 0.1) is 6.61 Å². The third-order valence-electron chi connectivity index (χ3n) is 4.37. The molecule has 0 unspecified atom stereocenters. The first-order valence-corrected chi connectivity index (χ1v) is 9.19. The van der Waals surface area contributed by atoms with Gasteiger partial charge >= 0.3 is 0 Å². The van der Waals surface area contributed by atoms with Crippen molar-refractivity contribution in [1.82, 2.24) is 5.32 Å². The van der Waals surface area contributed by atoms with Crippen LogP contribution in [0.3, 0.4) is 0 Å². The highest BCUT2D eigenvalue weighted by Gasteiger charge is 2.06. The average Bonchev–Trinajstić information content (AvgIpc) is 2.64. The Hall–Kier alpha value is -2.29. The molecule has 1 amide bonds. The summed E-state index contributed by atoms with van der Waals surface area (Å²) in [5.74, 6) is 0.937. The molecular weight excluding hydrogens is 310 g/mol. The van der Waals surface area contributed by atoms with Gasteiger partial charge in [0.15, 0.2) is 0 Å². The number of hydrogen-bond donors (Lipinski definition) is 1. The number of ether oxygens (including phenoxy) is 1. The molecule has 0 heterocycles. The zero-order chi connectivity index (χ0) is 18.1. The van der Waals surface area contributed by atoms with Crippen LogP contribution >= 0.6 is 0 Å². The highest BCUT2D eigenvalue weighted by Crippen LogP contribution is 2.14. The fourth-order valence-corrected chi connectivity index (χ4v) is 2.75. The third-order valence-corrected chi connectivity index (χ3v) is 4.37. The number of benzene rings is 2. The molecule has 134 valence electrons. The summed E-state index contributed by atoms with van der Waals surface area (Å²) in [5, 5.41) is 3.04. The summed E-state index contributed by atoms with van der Waals surface area (Å²) < 4.78 is 5.66. The largest absolute Gasteiger partial charge is 0.494 e. The Labute approximate surface area is 151 Å². The Morgan fingerprint density at radius 2 is 1.76 bits per heavy atom. The van der Waals surface area contributed by atoms with Crippen molar-refractivity contribution in [2.75, 3.05) is 6.61 Å². The van der Waals surface area contributed by atoms with Crippen LogP contribution < -0.4 is 10.1 Å². The fraction of sp³-hybridized carbons (Fsp3) is 0.409. The Morgan fingerprint density at radius 1 is 1.00 bits per heavy atom. The summed E-state index contributed by atoms with van der Waals surface area (Å²) >= 11 is 0. The van der Waals surface area contributed by atoms with Crippen LogP contribution in [0.25, 0.3) is 0 Å². The Morgan fingerprint density at radius 3 is 2.44 bits per heavy atom. The van der Waals surface area contributed by atoms with Crippen LogP contribution in [-0.2, 0) is 24.2 Å². The van der Waals surface area contributed by atoms with Gasteiger partial charge in [0.1, 0.15) is 5.75 Å². The highest BCUT2D eigenvalue weighted by molar-refractivity contribution is 5.75. The summed E-state index contributed by atoms with van der Waals surface area (Å²) in [4.78, 5) is 12.1. The number of rotatable bonds is 9. The molecule has 0 aliphatic carbocycles. The summed E-state index contributed by atoms with van der Waals surface area (Å²) in [6, 6.07) is 14.5. The van der Waals surface area contributed by atoms with E-state index in [9.17, 15) is 4.79 Å². The predicted molar refractivity (Wildman–Crippen MR) is 103 cm³/mol. The third kappa shape index (κ3) is 6.26. The van der Waals surface area contributed by atoms with Crippen LogP contribution in [0.1, 0.15) is 48.9 Å². The lowest BCUT2D eigenvalue weighted by molar-refractivity contribution is -0.121. The van der Waals surface area contributed by atoms with Gasteiger partial charge in [-0.15, -0.1) is 0 Å². The van der Waals surface area contributed by atoms with Gasteiger partial charge in [0.25, 0.3) is 0 Å². The standard InChI is InChI=1S/C22H29NO2/c1-4-18-10-11-19(5-2)20(15-18)16-23-22(24)7-6-14-25-21-12-8-17(3)9-13-21/h8-13,15H,4-7,14,16H2,1-3H3,(H,23,24). The fourth-order valence-electron chi connectivity index (χ4n) is 2.75. The van der Waals surface area contributed by atoms with Gasteiger partial charge in [-0.1, -0.05) is 49.7 Å². The van der Waals surface area contributed by atoms with E-state index in [4.69, 9.17) is 4.74 Å². The van der Waals surface area contributed by atoms with Crippen LogP contribution in [0.2, 0.25) is 0 Å². The average molecular weight is 339 g/mol. The molecule has 2 aromatic carbocycles. The second-order valence-corrected chi connectivity index (χ2v) is 6.35. The van der Waals surface area contributed by atoms with Gasteiger partial charge in [-0.25, -0.2) is 0 Å². The van der Waals surface area contributed by atoms with Crippen LogP contribution in [0, 0.1) is 6.92 Å². The van der Waals surface area contributed by atoms with Crippen LogP contribution in [0.15, 0.2) is 42.5 Å². The van der Waals surface area contributed by atoms with Crippen molar-refractivity contribution in [3.8, 4) is 5.75 Å². The second kappa shape index (κ2) is 9.87. The molecule has 25 heavy (non-hydrogen) atoms. The van der Waals surface area contributed by atoms with Crippen LogP contribution in [0.4, 0.5) is 0 Å². The van der Waals surface area contributed by atoms with Crippen molar-refractivity contribution in [3.63, 3.8) is 0 Å². The van der Waals surface area contributed by atoms with Crippen molar-refractivity contribution < 1.29 is 9.53 Å². The minimum absolute atomic E-state index is 0.0801. The smallest absolute Gasteiger partial charge is 0.220 e. The number of nitrogens with one attached hydrogen (secondary N) is 1. The number of amides is 1. The number of carbonyl (C=O) groups excluding carboxylic acids is 1. The minimum Gasteiger partial charge on any atom is -0.494 e. The Bertz CT molecular complexity index is 677. The van der Waals surface area contributed by atoms with Crippen LogP contribution in [-0.4, -0.2) is 12.5 Å². The molecule has 3 nitrogen and oxygen atoms in total. The van der Waals surface area contributed by atoms with E-state index < -0.39 is 0 Å². The first-order chi connectivity index (χ1) is 12.1. The first kappa shape index (κ1) is 19.0. The Balaban J connectivity index is 1.72. The first-order valence-electron chi connectivity index (χ1n) is 9.19. The summed E-state index contributed by atoms with van der Waals surface area (Å²) in [7, 11) is 0. The van der Waals surface area contributed by atoms with E-state index in [2.05, 4.69) is 37.4 Å². The number of carbonyl (C=O) groups is 1. The molecule has 0 saturated carbocycles. The monoisotopic (exact) mass is 339 g/mol. The molecule has 0 spiro atoms. The minimum atomic E-state index is 0.0801. The Kier molecular flexibility index (Phi) is 7.52. The SMILES string of the molecule is CCc1ccc(CC)c(CNC(=O)CCCOc2ccc(C)cc2)c1. The zero-order valence-electron chi connectivity index (χ0n) is 15.6. The molecule has 0 aliphatic rings. The quantitative estimate of drug-likeness (QED) is 0.678. The molecule has 1 N–H and O–H groups in total. The zero-order valence-corrected chi connectivity index (χ0v) is 15.6. The van der Waals surface area contributed by atoms with E-state index in [0.29, 0.717) is 19.6 Å². The lowest BCUT2D eigenvalue weighted by Gasteiger charge is -2.11. The molecule has 0 bridgehead atoms. The van der Waals surface area contributed by atoms with Gasteiger partial charge in [-0.05, 0) is 55.0 Å². The van der Waals surface area contributed by atoms with Crippen molar-refractivity contribution >= 4 is 5.91 Å². The molecular formula is C22H29NO2. The molecule has 3 heteroatoms. The maximum Gasteiger partial charge on any atom is 0.220 e. The van der Waals surface area contributed by atoms with Crippen molar-refractivity contribution in [1.29, 1.82) is 0 Å². The molecule has 0 atom stereocenters. The van der Waals surface area contributed by atoms with Crippen molar-refractivity contribution in [2.45, 2.75) is 53.0 Å². The molecule has 2 rings (SSSR count). The topological polar surface area (TPSA) is 38.3 Å². The van der Waals surface area contributed by atoms with E-state index in [1.165, 1.54) is 22.3 Å². The van der Waals surface area contributed by atoms with E-state index in [-0.39, 0.29) is 5.91 Å². The number of aryl methyl sites for hydroxylation is 3. The lowest BCUT2D eigenvalue weighted by atomic mass is 10.0. The van der Waals surface area contributed by atoms with E-state index in [1.54, 1.807) is 0 Å². The van der Waals surface area contributed by atoms with E-state index in [1.807, 2.05) is 31.2 Å². The molecule has 2 aromatic rings. The summed E-state index contributed by atoms with van der Waals surface area (Å²) in [5.41, 5.74) is 5.06. The van der Waals surface area contributed by atoms with Crippen molar-refractivity contribution in [3.05, 3.63) is 64.7 Å². The predicted octanol–water partition coefficient (Wildman–Crippen LogP) is 4.60. The van der Waals surface area contributed by atoms with Gasteiger partial charge in [-0.3, -0.25) is 4.79 Å². The second-order valence-electron chi connectivity index (χ2n) is 6.35. The molecule has 0 saturated heterocycles. The normalized spacial score (nSPS) is 10.5. The van der Waals surface area contributed by atoms with Crippen LogP contribution in [0.5, 0.6) is 5.75 Å². The van der Waals surface area contributed by atoms with E-state index in [0.717, 1.165) is 25.0 Å². The van der Waals surface area contributed by atoms with Gasteiger partial charge < -0.3 is 10.1 Å². The van der Waals surface area contributed by atoms with Gasteiger partial charge in [0.2, 0.25) is 5.91 Å². The van der Waals surface area contributed by atoms with Gasteiger partial charge in [0, 0.05) is 13.0 Å². The van der Waals surface area contributed by atoms with E-state index >= 15 is 0 Å². The molecule has 0 radical (unpaired) electrons.